The fourth-order valence-corrected chi connectivity index (χ4v) is 5.71. The Balaban J connectivity index is 1.42. The van der Waals surface area contributed by atoms with Crippen molar-refractivity contribution in [3.05, 3.63) is 59.1 Å². The SMILES string of the molecule is [C-]#[N+]c1ccc(N2C(=O)[C@@H]3[C@H](C2=O)C2(C)CCC3(CCOc3ccc(C#N)cn3)O2)cc1C(F)(F)F. The maximum absolute atomic E-state index is 13.6. The molecule has 4 heterocycles. The molecule has 36 heavy (non-hydrogen) atoms. The first-order valence-electron chi connectivity index (χ1n) is 11.2. The van der Waals surface area contributed by atoms with Crippen molar-refractivity contribution >= 4 is 23.2 Å². The summed E-state index contributed by atoms with van der Waals surface area (Å²) in [5.41, 5.74) is -3.57. The molecule has 0 N–H and O–H groups in total. The van der Waals surface area contributed by atoms with Crippen molar-refractivity contribution in [2.75, 3.05) is 11.5 Å². The van der Waals surface area contributed by atoms with Gasteiger partial charge >= 0.3 is 6.18 Å². The van der Waals surface area contributed by atoms with Crippen LogP contribution >= 0.6 is 0 Å². The van der Waals surface area contributed by atoms with E-state index in [2.05, 4.69) is 9.83 Å². The van der Waals surface area contributed by atoms with Gasteiger partial charge in [-0.15, -0.1) is 0 Å². The molecular weight excluding hydrogens is 477 g/mol. The highest BCUT2D eigenvalue weighted by Gasteiger charge is 2.73. The maximum atomic E-state index is 13.6. The number of halogens is 3. The van der Waals surface area contributed by atoms with Crippen molar-refractivity contribution in [1.82, 2.24) is 4.98 Å². The number of ether oxygens (including phenoxy) is 2. The fourth-order valence-electron chi connectivity index (χ4n) is 5.71. The highest BCUT2D eigenvalue weighted by Crippen LogP contribution is 2.62. The second-order valence-electron chi connectivity index (χ2n) is 9.35. The van der Waals surface area contributed by atoms with Gasteiger partial charge in [-0.25, -0.2) is 14.7 Å². The number of amides is 2. The number of nitrogens with zero attached hydrogens (tertiary/aromatic N) is 4. The molecule has 0 spiro atoms. The number of hydrogen-bond donors (Lipinski definition) is 0. The van der Waals surface area contributed by atoms with E-state index < -0.39 is 52.3 Å². The number of pyridine rings is 1. The number of anilines is 1. The maximum Gasteiger partial charge on any atom is 0.407 e. The van der Waals surface area contributed by atoms with Gasteiger partial charge in [0, 0.05) is 24.4 Å². The van der Waals surface area contributed by atoms with Crippen LogP contribution in [0.2, 0.25) is 0 Å². The molecule has 0 radical (unpaired) electrons. The van der Waals surface area contributed by atoms with Gasteiger partial charge in [0.2, 0.25) is 17.7 Å². The van der Waals surface area contributed by atoms with E-state index in [1.165, 1.54) is 12.3 Å². The van der Waals surface area contributed by atoms with Crippen molar-refractivity contribution in [1.29, 1.82) is 5.26 Å². The smallest absolute Gasteiger partial charge is 0.407 e. The van der Waals surface area contributed by atoms with Gasteiger partial charge in [-0.3, -0.25) is 9.59 Å². The predicted molar refractivity (Wildman–Crippen MR) is 118 cm³/mol. The minimum atomic E-state index is -4.82. The van der Waals surface area contributed by atoms with E-state index in [4.69, 9.17) is 21.3 Å². The topological polar surface area (TPSA) is 96.9 Å². The second kappa shape index (κ2) is 8.04. The van der Waals surface area contributed by atoms with Crippen LogP contribution in [0.3, 0.4) is 0 Å². The first kappa shape index (κ1) is 23.8. The monoisotopic (exact) mass is 496 g/mol. The highest BCUT2D eigenvalue weighted by molar-refractivity contribution is 6.23. The Bertz CT molecular complexity index is 1350. The lowest BCUT2D eigenvalue weighted by atomic mass is 9.67. The summed E-state index contributed by atoms with van der Waals surface area (Å²) < 4.78 is 52.5. The zero-order valence-corrected chi connectivity index (χ0v) is 19.0. The van der Waals surface area contributed by atoms with Crippen LogP contribution in [0.5, 0.6) is 5.88 Å². The van der Waals surface area contributed by atoms with Crippen molar-refractivity contribution in [2.45, 2.75) is 43.6 Å². The van der Waals surface area contributed by atoms with Gasteiger partial charge in [0.15, 0.2) is 5.69 Å². The minimum absolute atomic E-state index is 0.123. The molecule has 1 aromatic carbocycles. The quantitative estimate of drug-likeness (QED) is 0.449. The molecule has 11 heteroatoms. The number of imide groups is 1. The van der Waals surface area contributed by atoms with Gasteiger partial charge in [0.05, 0.1) is 47.3 Å². The lowest BCUT2D eigenvalue weighted by molar-refractivity contribution is -0.137. The molecule has 5 rings (SSSR count). The van der Waals surface area contributed by atoms with Crippen LogP contribution in [0.25, 0.3) is 4.85 Å². The summed E-state index contributed by atoms with van der Waals surface area (Å²) in [4.78, 5) is 34.7. The number of alkyl halides is 3. The van der Waals surface area contributed by atoms with E-state index in [-0.39, 0.29) is 24.6 Å². The van der Waals surface area contributed by atoms with E-state index in [0.29, 0.717) is 24.5 Å². The van der Waals surface area contributed by atoms with Crippen molar-refractivity contribution in [3.8, 4) is 11.9 Å². The molecule has 3 fully saturated rings. The Hall–Kier alpha value is -3.96. The van der Waals surface area contributed by atoms with Crippen LogP contribution in [-0.4, -0.2) is 34.6 Å². The molecule has 4 atom stereocenters. The number of hydrogen-bond acceptors (Lipinski definition) is 6. The molecule has 2 bridgehead atoms. The molecule has 2 unspecified atom stereocenters. The first-order valence-corrected chi connectivity index (χ1v) is 11.2. The van der Waals surface area contributed by atoms with Gasteiger partial charge in [-0.2, -0.15) is 18.4 Å². The normalized spacial score (nSPS) is 28.7. The molecule has 0 saturated carbocycles. The number of carbonyl (C=O) groups is 2. The Morgan fingerprint density at radius 1 is 1.25 bits per heavy atom. The Morgan fingerprint density at radius 3 is 2.64 bits per heavy atom. The lowest BCUT2D eigenvalue weighted by Crippen LogP contribution is -2.43. The zero-order valence-electron chi connectivity index (χ0n) is 19.0. The third-order valence-corrected chi connectivity index (χ3v) is 7.32. The van der Waals surface area contributed by atoms with Gasteiger partial charge in [0.1, 0.15) is 6.07 Å². The second-order valence-corrected chi connectivity index (χ2v) is 9.35. The third-order valence-electron chi connectivity index (χ3n) is 7.32. The van der Waals surface area contributed by atoms with Crippen molar-refractivity contribution < 1.29 is 32.2 Å². The summed E-state index contributed by atoms with van der Waals surface area (Å²) >= 11 is 0. The van der Waals surface area contributed by atoms with Gasteiger partial charge < -0.3 is 9.47 Å². The highest BCUT2D eigenvalue weighted by atomic mass is 19.4. The van der Waals surface area contributed by atoms with E-state index in [1.54, 1.807) is 19.1 Å². The van der Waals surface area contributed by atoms with E-state index in [1.807, 2.05) is 6.07 Å². The molecule has 1 aromatic heterocycles. The zero-order chi connectivity index (χ0) is 25.9. The number of fused-ring (bicyclic) bond motifs is 5. The van der Waals surface area contributed by atoms with E-state index >= 15 is 0 Å². The summed E-state index contributed by atoms with van der Waals surface area (Å²) in [7, 11) is 0. The fraction of sp³-hybridized carbons (Fsp3) is 0.400. The summed E-state index contributed by atoms with van der Waals surface area (Å²) in [5, 5.41) is 8.88. The average molecular weight is 496 g/mol. The first-order chi connectivity index (χ1) is 17.0. The summed E-state index contributed by atoms with van der Waals surface area (Å²) in [6, 6.07) is 7.91. The molecule has 2 aromatic rings. The van der Waals surface area contributed by atoms with Crippen molar-refractivity contribution in [3.63, 3.8) is 0 Å². The van der Waals surface area contributed by atoms with Crippen molar-refractivity contribution in [2.24, 2.45) is 11.8 Å². The molecule has 0 aliphatic carbocycles. The number of carbonyl (C=O) groups excluding carboxylic acids is 2. The third kappa shape index (κ3) is 3.50. The summed E-state index contributed by atoms with van der Waals surface area (Å²) in [6.07, 6.45) is -2.17. The largest absolute Gasteiger partial charge is 0.478 e. The van der Waals surface area contributed by atoms with Crippen LogP contribution in [0.1, 0.15) is 37.3 Å². The molecule has 2 amide bonds. The number of aromatic nitrogens is 1. The van der Waals surface area contributed by atoms with E-state index in [0.717, 1.165) is 11.0 Å². The molecule has 3 aliphatic heterocycles. The Kier molecular flexibility index (Phi) is 5.31. The number of nitriles is 1. The van der Waals surface area contributed by atoms with Gasteiger partial charge in [-0.05, 0) is 38.0 Å². The average Bonchev–Trinajstić information content (AvgIpc) is 3.43. The minimum Gasteiger partial charge on any atom is -0.478 e. The van der Waals surface area contributed by atoms with Crippen LogP contribution in [-0.2, 0) is 20.5 Å². The lowest BCUT2D eigenvalue weighted by Gasteiger charge is -2.31. The molecule has 3 aliphatic rings. The van der Waals surface area contributed by atoms with Crippen LogP contribution < -0.4 is 9.64 Å². The molecule has 8 nitrogen and oxygen atoms in total. The Labute approximate surface area is 204 Å². The van der Waals surface area contributed by atoms with Gasteiger partial charge in [-0.1, -0.05) is 6.07 Å². The summed E-state index contributed by atoms with van der Waals surface area (Å²) in [6.45, 7) is 8.89. The summed E-state index contributed by atoms with van der Waals surface area (Å²) in [5.74, 6) is -2.63. The number of rotatable bonds is 5. The van der Waals surface area contributed by atoms with Crippen LogP contribution in [0.15, 0.2) is 36.5 Å². The molecular formula is C25H19F3N4O4. The Morgan fingerprint density at radius 2 is 2.00 bits per heavy atom. The van der Waals surface area contributed by atoms with Crippen LogP contribution in [0, 0.1) is 29.7 Å². The molecule has 184 valence electrons. The van der Waals surface area contributed by atoms with Crippen LogP contribution in [0.4, 0.5) is 24.5 Å². The van der Waals surface area contributed by atoms with Gasteiger partial charge in [0.25, 0.3) is 0 Å². The van der Waals surface area contributed by atoms with E-state index in [9.17, 15) is 22.8 Å². The number of benzene rings is 1. The standard InChI is InChI=1S/C25H19F3N4O4/c1-23-7-8-24(36-23,9-10-35-18-6-3-14(12-29)13-31-18)20-19(23)21(33)32(22(20)34)15-4-5-17(30-2)16(11-15)25(26,27)28/h3-6,11,13,19-20H,7-10H2,1H3/t19-,20+,23?,24?/m1/s1. The molecule has 3 saturated heterocycles. The predicted octanol–water partition coefficient (Wildman–Crippen LogP) is 4.42.